The van der Waals surface area contributed by atoms with Crippen molar-refractivity contribution in [1.82, 2.24) is 5.32 Å². The van der Waals surface area contributed by atoms with Crippen molar-refractivity contribution in [3.63, 3.8) is 0 Å². The Morgan fingerprint density at radius 2 is 1.94 bits per heavy atom. The van der Waals surface area contributed by atoms with E-state index in [1.807, 2.05) is 0 Å². The summed E-state index contributed by atoms with van der Waals surface area (Å²) >= 11 is 0. The van der Waals surface area contributed by atoms with Gasteiger partial charge in [0.2, 0.25) is 0 Å². The minimum atomic E-state index is -0.705. The molecule has 4 heteroatoms. The molecule has 4 nitrogen and oxygen atoms in total. The van der Waals surface area contributed by atoms with E-state index in [1.165, 1.54) is 0 Å². The summed E-state index contributed by atoms with van der Waals surface area (Å²) < 4.78 is 0. The van der Waals surface area contributed by atoms with Crippen LogP contribution in [0.3, 0.4) is 0 Å². The molecule has 1 atom stereocenters. The molecule has 0 aromatic rings. The van der Waals surface area contributed by atoms with Crippen molar-refractivity contribution in [2.24, 2.45) is 5.92 Å². The van der Waals surface area contributed by atoms with Crippen molar-refractivity contribution >= 4 is 5.97 Å². The smallest absolute Gasteiger partial charge is 0.303 e. The summed E-state index contributed by atoms with van der Waals surface area (Å²) in [5, 5.41) is 20.4. The Hall–Kier alpha value is -0.610. The number of carboxylic acids is 1. The highest BCUT2D eigenvalue weighted by Crippen LogP contribution is 2.09. The van der Waals surface area contributed by atoms with Crippen LogP contribution in [0.5, 0.6) is 0 Å². The molecule has 16 heavy (non-hydrogen) atoms. The Bertz CT molecular complexity index is 174. The van der Waals surface area contributed by atoms with Crippen molar-refractivity contribution in [2.75, 3.05) is 19.7 Å². The summed E-state index contributed by atoms with van der Waals surface area (Å²) in [4.78, 5) is 10.3. The van der Waals surface area contributed by atoms with Gasteiger partial charge in [0.25, 0.3) is 0 Å². The average Bonchev–Trinajstić information content (AvgIpc) is 2.25. The number of hydrogen-bond acceptors (Lipinski definition) is 3. The van der Waals surface area contributed by atoms with Gasteiger partial charge in [-0.2, -0.15) is 0 Å². The molecule has 3 N–H and O–H groups in total. The maximum atomic E-state index is 10.3. The van der Waals surface area contributed by atoms with Crippen molar-refractivity contribution < 1.29 is 15.0 Å². The largest absolute Gasteiger partial charge is 0.481 e. The van der Waals surface area contributed by atoms with E-state index < -0.39 is 5.97 Å². The van der Waals surface area contributed by atoms with E-state index in [0.29, 0.717) is 5.92 Å². The lowest BCUT2D eigenvalue weighted by molar-refractivity contribution is -0.137. The van der Waals surface area contributed by atoms with Crippen LogP contribution in [0.2, 0.25) is 0 Å². The fraction of sp³-hybridized carbons (Fsp3) is 0.917. The minimum absolute atomic E-state index is 0.275. The average molecular weight is 231 g/mol. The number of aliphatic carboxylic acids is 1. The number of unbranched alkanes of at least 4 members (excludes halogenated alkanes) is 2. The highest BCUT2D eigenvalue weighted by molar-refractivity contribution is 5.66. The molecule has 0 fully saturated rings. The molecular formula is C12H25NO3. The number of carbonyl (C=O) groups is 1. The van der Waals surface area contributed by atoms with Gasteiger partial charge in [0.15, 0.2) is 0 Å². The Morgan fingerprint density at radius 1 is 1.19 bits per heavy atom. The molecule has 0 saturated heterocycles. The number of aliphatic hydroxyl groups is 1. The van der Waals surface area contributed by atoms with Gasteiger partial charge in [0.1, 0.15) is 0 Å². The van der Waals surface area contributed by atoms with Crippen LogP contribution in [0.1, 0.15) is 45.4 Å². The summed E-state index contributed by atoms with van der Waals surface area (Å²) in [5.41, 5.74) is 0. The van der Waals surface area contributed by atoms with Gasteiger partial charge in [-0.1, -0.05) is 6.92 Å². The molecular weight excluding hydrogens is 206 g/mol. The molecule has 0 amide bonds. The number of rotatable bonds is 11. The Kier molecular flexibility index (Phi) is 10.5. The van der Waals surface area contributed by atoms with Gasteiger partial charge >= 0.3 is 5.97 Å². The van der Waals surface area contributed by atoms with E-state index >= 15 is 0 Å². The predicted octanol–water partition coefficient (Wildman–Crippen LogP) is 1.63. The van der Waals surface area contributed by atoms with E-state index in [0.717, 1.165) is 45.2 Å². The second kappa shape index (κ2) is 10.9. The summed E-state index contributed by atoms with van der Waals surface area (Å²) in [6.07, 6.45) is 5.13. The highest BCUT2D eigenvalue weighted by Gasteiger charge is 2.04. The molecule has 96 valence electrons. The topological polar surface area (TPSA) is 69.6 Å². The van der Waals surface area contributed by atoms with Crippen LogP contribution in [0, 0.1) is 5.92 Å². The lowest BCUT2D eigenvalue weighted by Gasteiger charge is -2.10. The maximum Gasteiger partial charge on any atom is 0.303 e. The first-order chi connectivity index (χ1) is 7.66. The maximum absolute atomic E-state index is 10.3. The van der Waals surface area contributed by atoms with Crippen molar-refractivity contribution in [3.05, 3.63) is 0 Å². The molecule has 0 rings (SSSR count). The van der Waals surface area contributed by atoms with Gasteiger partial charge in [0, 0.05) is 13.0 Å². The third-order valence-corrected chi connectivity index (χ3v) is 2.68. The zero-order valence-corrected chi connectivity index (χ0v) is 10.2. The first-order valence-corrected chi connectivity index (χ1v) is 6.20. The quantitative estimate of drug-likeness (QED) is 0.473. The van der Waals surface area contributed by atoms with Gasteiger partial charge in [-0.3, -0.25) is 4.79 Å². The third kappa shape index (κ3) is 11.5. The molecule has 0 heterocycles. The van der Waals surface area contributed by atoms with Crippen molar-refractivity contribution in [2.45, 2.75) is 45.4 Å². The molecule has 0 aromatic heterocycles. The summed E-state index contributed by atoms with van der Waals surface area (Å²) in [6.45, 7) is 4.33. The zero-order chi connectivity index (χ0) is 12.2. The zero-order valence-electron chi connectivity index (χ0n) is 10.2. The number of carboxylic acid groups (broad SMARTS) is 1. The number of nitrogens with one attached hydrogen (secondary N) is 1. The van der Waals surface area contributed by atoms with Gasteiger partial charge in [-0.05, 0) is 51.1 Å². The van der Waals surface area contributed by atoms with Gasteiger partial charge in [0.05, 0.1) is 0 Å². The fourth-order valence-corrected chi connectivity index (χ4v) is 1.53. The van der Waals surface area contributed by atoms with Crippen LogP contribution >= 0.6 is 0 Å². The van der Waals surface area contributed by atoms with E-state index in [4.69, 9.17) is 10.2 Å². The van der Waals surface area contributed by atoms with Gasteiger partial charge in [-0.15, -0.1) is 0 Å². The SMILES string of the molecule is CC(CCNCCCCCO)CCC(=O)O. The Labute approximate surface area is 98.1 Å². The van der Waals surface area contributed by atoms with Crippen LogP contribution in [0.4, 0.5) is 0 Å². The van der Waals surface area contributed by atoms with E-state index in [1.54, 1.807) is 0 Å². The second-order valence-electron chi connectivity index (χ2n) is 4.36. The molecule has 0 radical (unpaired) electrons. The Balaban J connectivity index is 3.15. The molecule has 0 bridgehead atoms. The van der Waals surface area contributed by atoms with Crippen LogP contribution < -0.4 is 5.32 Å². The van der Waals surface area contributed by atoms with Crippen LogP contribution in [-0.2, 0) is 4.79 Å². The van der Waals surface area contributed by atoms with Gasteiger partial charge < -0.3 is 15.5 Å². The third-order valence-electron chi connectivity index (χ3n) is 2.68. The minimum Gasteiger partial charge on any atom is -0.481 e. The van der Waals surface area contributed by atoms with Crippen molar-refractivity contribution in [3.8, 4) is 0 Å². The predicted molar refractivity (Wildman–Crippen MR) is 64.5 cm³/mol. The summed E-state index contributed by atoms with van der Waals surface area (Å²) in [7, 11) is 0. The monoisotopic (exact) mass is 231 g/mol. The lowest BCUT2D eigenvalue weighted by atomic mass is 10.0. The molecule has 0 aliphatic heterocycles. The summed E-state index contributed by atoms with van der Waals surface area (Å²) in [6, 6.07) is 0. The Morgan fingerprint density at radius 3 is 2.56 bits per heavy atom. The lowest BCUT2D eigenvalue weighted by Crippen LogP contribution is -2.19. The number of aliphatic hydroxyl groups excluding tert-OH is 1. The van der Waals surface area contributed by atoms with E-state index in [2.05, 4.69) is 12.2 Å². The molecule has 1 unspecified atom stereocenters. The fourth-order valence-electron chi connectivity index (χ4n) is 1.53. The van der Waals surface area contributed by atoms with Crippen molar-refractivity contribution in [1.29, 1.82) is 0 Å². The summed E-state index contributed by atoms with van der Waals surface area (Å²) in [5.74, 6) is -0.232. The second-order valence-corrected chi connectivity index (χ2v) is 4.36. The molecule has 0 aliphatic rings. The highest BCUT2D eigenvalue weighted by atomic mass is 16.4. The standard InChI is InChI=1S/C12H25NO3/c1-11(5-6-12(15)16)7-9-13-8-3-2-4-10-14/h11,13-14H,2-10H2,1H3,(H,15,16). The van der Waals surface area contributed by atoms with Gasteiger partial charge in [-0.25, -0.2) is 0 Å². The van der Waals surface area contributed by atoms with E-state index in [9.17, 15) is 4.79 Å². The van der Waals surface area contributed by atoms with E-state index in [-0.39, 0.29) is 13.0 Å². The molecule has 0 saturated carbocycles. The number of hydrogen-bond donors (Lipinski definition) is 3. The van der Waals surface area contributed by atoms with Crippen LogP contribution in [0.25, 0.3) is 0 Å². The van der Waals surface area contributed by atoms with Crippen LogP contribution in [-0.4, -0.2) is 35.9 Å². The normalized spacial score (nSPS) is 12.6. The molecule has 0 spiro atoms. The van der Waals surface area contributed by atoms with Crippen LogP contribution in [0.15, 0.2) is 0 Å². The first-order valence-electron chi connectivity index (χ1n) is 6.20. The molecule has 0 aliphatic carbocycles. The molecule has 0 aromatic carbocycles. The first kappa shape index (κ1) is 15.4.